The number of pyridine rings is 1. The predicted octanol–water partition coefficient (Wildman–Crippen LogP) is 3.93. The molecule has 2 aromatic heterocycles. The first-order valence-electron chi connectivity index (χ1n) is 10.7. The first-order valence-corrected chi connectivity index (χ1v) is 11.5. The van der Waals surface area contributed by atoms with E-state index in [9.17, 15) is 14.4 Å². The molecule has 2 atom stereocenters. The van der Waals surface area contributed by atoms with Crippen LogP contribution < -0.4 is 5.56 Å². The first kappa shape index (κ1) is 20.0. The summed E-state index contributed by atoms with van der Waals surface area (Å²) in [5.74, 6) is -0.481. The summed E-state index contributed by atoms with van der Waals surface area (Å²) >= 11 is 1.73. The number of thiophene rings is 1. The molecular formula is C24H24N2O4S. The lowest BCUT2D eigenvalue weighted by molar-refractivity contribution is -0.137. The monoisotopic (exact) mass is 436 g/mol. The van der Waals surface area contributed by atoms with Crippen molar-refractivity contribution in [1.82, 2.24) is 9.47 Å². The number of carbonyl (C=O) groups excluding carboxylic acids is 1. The number of aliphatic carboxylic acids is 1. The summed E-state index contributed by atoms with van der Waals surface area (Å²) in [6, 6.07) is 14.1. The van der Waals surface area contributed by atoms with Crippen LogP contribution in [0.2, 0.25) is 0 Å². The minimum Gasteiger partial charge on any atom is -0.481 e. The lowest BCUT2D eigenvalue weighted by atomic mass is 9.81. The second-order valence-corrected chi connectivity index (χ2v) is 9.66. The Balaban J connectivity index is 1.47. The summed E-state index contributed by atoms with van der Waals surface area (Å²) in [7, 11) is 0. The summed E-state index contributed by atoms with van der Waals surface area (Å²) < 4.78 is 3.14. The van der Waals surface area contributed by atoms with Crippen LogP contribution in [0.4, 0.5) is 0 Å². The molecule has 1 amide bonds. The van der Waals surface area contributed by atoms with E-state index in [-0.39, 0.29) is 36.1 Å². The average Bonchev–Trinajstić information content (AvgIpc) is 3.18. The molecule has 1 aromatic carbocycles. The predicted molar refractivity (Wildman–Crippen MR) is 120 cm³/mol. The van der Waals surface area contributed by atoms with Gasteiger partial charge in [0.1, 0.15) is 0 Å². The molecule has 31 heavy (non-hydrogen) atoms. The zero-order valence-electron chi connectivity index (χ0n) is 17.1. The molecule has 5 rings (SSSR count). The molecule has 0 saturated carbocycles. The third kappa shape index (κ3) is 3.78. The van der Waals surface area contributed by atoms with E-state index in [2.05, 4.69) is 18.2 Å². The van der Waals surface area contributed by atoms with Crippen LogP contribution >= 0.6 is 11.3 Å². The molecule has 2 aliphatic rings. The number of hydrogen-bond donors (Lipinski definition) is 1. The molecular weight excluding hydrogens is 412 g/mol. The van der Waals surface area contributed by atoms with E-state index >= 15 is 0 Å². The zero-order chi connectivity index (χ0) is 21.5. The Bertz CT molecular complexity index is 1190. The van der Waals surface area contributed by atoms with E-state index in [4.69, 9.17) is 5.11 Å². The molecule has 6 nitrogen and oxygen atoms in total. The van der Waals surface area contributed by atoms with Crippen LogP contribution in [-0.4, -0.2) is 39.5 Å². The Morgan fingerprint density at radius 2 is 1.90 bits per heavy atom. The van der Waals surface area contributed by atoms with Crippen molar-refractivity contribution in [2.24, 2.45) is 5.92 Å². The molecule has 2 bridgehead atoms. The molecule has 2 aliphatic heterocycles. The van der Waals surface area contributed by atoms with Crippen molar-refractivity contribution in [3.05, 3.63) is 58.5 Å². The number of hydrogen-bond acceptors (Lipinski definition) is 4. The second kappa shape index (κ2) is 7.96. The van der Waals surface area contributed by atoms with Crippen LogP contribution in [-0.2, 0) is 16.1 Å². The number of carboxylic acid groups (broad SMARTS) is 1. The maximum atomic E-state index is 12.7. The van der Waals surface area contributed by atoms with Crippen molar-refractivity contribution in [1.29, 1.82) is 0 Å². The van der Waals surface area contributed by atoms with Gasteiger partial charge in [0.25, 0.3) is 5.56 Å². The minimum atomic E-state index is -0.871. The molecule has 0 radical (unpaired) electrons. The molecule has 160 valence electrons. The van der Waals surface area contributed by atoms with Crippen molar-refractivity contribution in [2.45, 2.75) is 38.1 Å². The van der Waals surface area contributed by atoms with Crippen LogP contribution in [0, 0.1) is 5.92 Å². The van der Waals surface area contributed by atoms with E-state index in [1.807, 2.05) is 27.7 Å². The van der Waals surface area contributed by atoms with E-state index in [1.54, 1.807) is 17.4 Å². The Morgan fingerprint density at radius 1 is 1.06 bits per heavy atom. The fourth-order valence-electron chi connectivity index (χ4n) is 5.09. The highest BCUT2D eigenvalue weighted by Crippen LogP contribution is 2.42. The van der Waals surface area contributed by atoms with Crippen molar-refractivity contribution in [3.63, 3.8) is 0 Å². The quantitative estimate of drug-likeness (QED) is 0.657. The summed E-state index contributed by atoms with van der Waals surface area (Å²) in [6.07, 6.45) is 1.61. The van der Waals surface area contributed by atoms with Gasteiger partial charge in [0.2, 0.25) is 5.91 Å². The van der Waals surface area contributed by atoms with Gasteiger partial charge in [-0.2, -0.15) is 0 Å². The highest BCUT2D eigenvalue weighted by molar-refractivity contribution is 7.22. The number of carboxylic acids is 1. The number of amides is 1. The molecule has 1 saturated heterocycles. The van der Waals surface area contributed by atoms with Crippen molar-refractivity contribution in [3.8, 4) is 10.4 Å². The summed E-state index contributed by atoms with van der Waals surface area (Å²) in [5.41, 5.74) is 2.15. The number of likely N-dealkylation sites (tertiary alicyclic amines) is 1. The number of piperidine rings is 1. The van der Waals surface area contributed by atoms with Gasteiger partial charge in [-0.15, -0.1) is 11.3 Å². The molecule has 7 heteroatoms. The number of aromatic nitrogens is 1. The van der Waals surface area contributed by atoms with Gasteiger partial charge in [0.15, 0.2) is 0 Å². The van der Waals surface area contributed by atoms with Crippen LogP contribution in [0.1, 0.15) is 37.3 Å². The van der Waals surface area contributed by atoms with Crippen LogP contribution in [0.3, 0.4) is 0 Å². The maximum Gasteiger partial charge on any atom is 0.303 e. The molecule has 0 spiro atoms. The SMILES string of the molecule is O=C(O)CCCC(=O)N1C[C@@H]2C[C@H](C1)c1c(-c3cc4ccccc4s3)ccc(=O)n1C2. The maximum absolute atomic E-state index is 12.7. The molecule has 4 heterocycles. The summed E-state index contributed by atoms with van der Waals surface area (Å²) in [5, 5.41) is 10.0. The summed E-state index contributed by atoms with van der Waals surface area (Å²) in [6.45, 7) is 1.85. The normalized spacial score (nSPS) is 19.9. The highest BCUT2D eigenvalue weighted by atomic mass is 32.1. The Kier molecular flexibility index (Phi) is 5.14. The van der Waals surface area contributed by atoms with E-state index < -0.39 is 5.97 Å². The summed E-state index contributed by atoms with van der Waals surface area (Å²) in [4.78, 5) is 39.2. The average molecular weight is 437 g/mol. The van der Waals surface area contributed by atoms with Crippen LogP contribution in [0.25, 0.3) is 20.5 Å². The fraction of sp³-hybridized carbons (Fsp3) is 0.375. The number of benzene rings is 1. The number of rotatable bonds is 5. The van der Waals surface area contributed by atoms with E-state index in [0.29, 0.717) is 26.1 Å². The van der Waals surface area contributed by atoms with Gasteiger partial charge < -0.3 is 14.6 Å². The number of nitrogens with zero attached hydrogens (tertiary/aromatic N) is 2. The Hall–Kier alpha value is -2.93. The van der Waals surface area contributed by atoms with Gasteiger partial charge in [-0.05, 0) is 42.3 Å². The van der Waals surface area contributed by atoms with Crippen molar-refractivity contribution >= 4 is 33.3 Å². The smallest absolute Gasteiger partial charge is 0.303 e. The van der Waals surface area contributed by atoms with Gasteiger partial charge >= 0.3 is 5.97 Å². The largest absolute Gasteiger partial charge is 0.481 e. The van der Waals surface area contributed by atoms with Gasteiger partial charge in [0.05, 0.1) is 0 Å². The molecule has 0 unspecified atom stereocenters. The lowest BCUT2D eigenvalue weighted by Crippen LogP contribution is -2.49. The zero-order valence-corrected chi connectivity index (χ0v) is 17.9. The standard InChI is InChI=1S/C24H24N2O4S/c27-21(6-3-7-23(29)30)25-12-15-10-17(14-25)24-18(8-9-22(28)26(24)13-15)20-11-16-4-1-2-5-19(16)31-20/h1-2,4-5,8-9,11,15,17H,3,6-7,10,12-14H2,(H,29,30)/t15-,17+/m0/s1. The van der Waals surface area contributed by atoms with Gasteiger partial charge in [-0.3, -0.25) is 14.4 Å². The fourth-order valence-corrected chi connectivity index (χ4v) is 6.19. The topological polar surface area (TPSA) is 79.6 Å². The third-order valence-corrected chi connectivity index (χ3v) is 7.56. The molecule has 3 aromatic rings. The van der Waals surface area contributed by atoms with E-state index in [1.165, 1.54) is 10.1 Å². The molecule has 1 fully saturated rings. The van der Waals surface area contributed by atoms with Crippen molar-refractivity contribution < 1.29 is 14.7 Å². The lowest BCUT2D eigenvalue weighted by Gasteiger charge is -2.43. The number of fused-ring (bicyclic) bond motifs is 5. The van der Waals surface area contributed by atoms with Gasteiger partial charge in [-0.25, -0.2) is 0 Å². The Labute approximate surface area is 183 Å². The van der Waals surface area contributed by atoms with Gasteiger partial charge in [0, 0.05) is 65.3 Å². The minimum absolute atomic E-state index is 0.0146. The van der Waals surface area contributed by atoms with Gasteiger partial charge in [-0.1, -0.05) is 18.2 Å². The van der Waals surface area contributed by atoms with E-state index in [0.717, 1.165) is 22.6 Å². The number of carbonyl (C=O) groups is 2. The van der Waals surface area contributed by atoms with Crippen molar-refractivity contribution in [2.75, 3.05) is 13.1 Å². The third-order valence-electron chi connectivity index (χ3n) is 6.42. The highest BCUT2D eigenvalue weighted by Gasteiger charge is 2.37. The molecule has 0 aliphatic carbocycles. The Morgan fingerprint density at radius 3 is 2.71 bits per heavy atom. The van der Waals surface area contributed by atoms with Crippen LogP contribution in [0.5, 0.6) is 0 Å². The first-order chi connectivity index (χ1) is 15.0. The van der Waals surface area contributed by atoms with Crippen LogP contribution in [0.15, 0.2) is 47.3 Å². The second-order valence-electron chi connectivity index (χ2n) is 8.57. The molecule has 1 N–H and O–H groups in total.